The van der Waals surface area contributed by atoms with Crippen molar-refractivity contribution in [1.29, 1.82) is 0 Å². The number of hydrogen-bond donors (Lipinski definition) is 0. The number of esters is 1. The molecule has 0 heterocycles. The predicted molar refractivity (Wildman–Crippen MR) is 86.9 cm³/mol. The van der Waals surface area contributed by atoms with Crippen molar-refractivity contribution in [3.05, 3.63) is 92.0 Å². The molecule has 0 N–H and O–H groups in total. The summed E-state index contributed by atoms with van der Waals surface area (Å²) in [6.45, 7) is -0.214. The molecule has 24 heavy (non-hydrogen) atoms. The summed E-state index contributed by atoms with van der Waals surface area (Å²) in [6.07, 6.45) is 1.60. The molecule has 2 aromatic rings. The van der Waals surface area contributed by atoms with Gasteiger partial charge in [-0.15, -0.1) is 0 Å². The second-order valence-electron chi connectivity index (χ2n) is 4.62. The quantitative estimate of drug-likeness (QED) is 0.198. The number of carbonyl (C=O) groups is 1. The molecule has 8 nitrogen and oxygen atoms in total. The van der Waals surface area contributed by atoms with Crippen LogP contribution in [0, 0.1) is 10.1 Å². The van der Waals surface area contributed by atoms with E-state index in [0.717, 1.165) is 5.56 Å². The number of nitrogens with zero attached hydrogens (tertiary/aromatic N) is 4. The van der Waals surface area contributed by atoms with Crippen LogP contribution in [0.3, 0.4) is 0 Å². The molecule has 0 atom stereocenters. The number of nitro benzene ring substituents is 1. The zero-order valence-electron chi connectivity index (χ0n) is 12.4. The van der Waals surface area contributed by atoms with Crippen molar-refractivity contribution in [1.82, 2.24) is 0 Å². The first kappa shape index (κ1) is 16.7. The van der Waals surface area contributed by atoms with Gasteiger partial charge in [-0.1, -0.05) is 35.4 Å². The summed E-state index contributed by atoms with van der Waals surface area (Å²) in [5.41, 5.74) is 9.67. The number of non-ortho nitro benzene ring substituents is 1. The van der Waals surface area contributed by atoms with Gasteiger partial charge in [-0.2, -0.15) is 0 Å². The van der Waals surface area contributed by atoms with Gasteiger partial charge in [-0.25, -0.2) is 4.79 Å². The van der Waals surface area contributed by atoms with E-state index in [9.17, 15) is 14.9 Å². The first-order valence-electron chi connectivity index (χ1n) is 6.82. The van der Waals surface area contributed by atoms with Gasteiger partial charge in [-0.3, -0.25) is 10.1 Å². The fraction of sp³-hybridized carbons (Fsp3) is 0.0625. The molecule has 0 aliphatic rings. The monoisotopic (exact) mass is 324 g/mol. The van der Waals surface area contributed by atoms with Crippen molar-refractivity contribution in [2.45, 2.75) is 0 Å². The van der Waals surface area contributed by atoms with Gasteiger partial charge in [0.1, 0.15) is 6.61 Å². The summed E-state index contributed by atoms with van der Waals surface area (Å²) >= 11 is 0. The highest BCUT2D eigenvalue weighted by atomic mass is 16.6. The Bertz CT molecular complexity index is 810. The van der Waals surface area contributed by atoms with E-state index in [4.69, 9.17) is 10.3 Å². The number of azide groups is 1. The summed E-state index contributed by atoms with van der Waals surface area (Å²) < 4.78 is 5.07. The molecule has 120 valence electrons. The molecule has 0 unspecified atom stereocenters. The van der Waals surface area contributed by atoms with Crippen molar-refractivity contribution < 1.29 is 14.5 Å². The molecular weight excluding hydrogens is 312 g/mol. The highest BCUT2D eigenvalue weighted by Crippen LogP contribution is 2.14. The van der Waals surface area contributed by atoms with Gasteiger partial charge in [0.05, 0.1) is 16.2 Å². The van der Waals surface area contributed by atoms with Crippen LogP contribution in [0.2, 0.25) is 0 Å². The fourth-order valence-electron chi connectivity index (χ4n) is 1.84. The second kappa shape index (κ2) is 8.11. The first-order valence-corrected chi connectivity index (χ1v) is 6.82. The minimum Gasteiger partial charge on any atom is -0.457 e. The zero-order valence-corrected chi connectivity index (χ0v) is 12.4. The van der Waals surface area contributed by atoms with Gasteiger partial charge in [0.15, 0.2) is 0 Å². The Morgan fingerprint density at radius 3 is 2.46 bits per heavy atom. The standard InChI is InChI=1S/C16H12N4O4/c17-19-18-14(10-12-4-2-1-3-5-12)11-24-16(21)13-6-8-15(9-7-13)20(22)23/h1-10H,11H2/b14-10-. The van der Waals surface area contributed by atoms with Gasteiger partial charge in [0, 0.05) is 17.0 Å². The van der Waals surface area contributed by atoms with Gasteiger partial charge < -0.3 is 4.74 Å². The minimum atomic E-state index is -0.669. The van der Waals surface area contributed by atoms with Crippen LogP contribution >= 0.6 is 0 Å². The SMILES string of the molecule is [N-]=[N+]=N/C(=C\c1ccccc1)COC(=O)c1ccc([N+](=O)[O-])cc1. The Morgan fingerprint density at radius 1 is 1.21 bits per heavy atom. The fourth-order valence-corrected chi connectivity index (χ4v) is 1.84. The summed E-state index contributed by atoms with van der Waals surface area (Å²) in [7, 11) is 0. The van der Waals surface area contributed by atoms with E-state index in [2.05, 4.69) is 10.0 Å². The number of benzene rings is 2. The van der Waals surface area contributed by atoms with E-state index in [-0.39, 0.29) is 23.6 Å². The average molecular weight is 324 g/mol. The molecule has 0 radical (unpaired) electrons. The Labute approximate surface area is 136 Å². The van der Waals surface area contributed by atoms with Crippen LogP contribution in [-0.4, -0.2) is 17.5 Å². The van der Waals surface area contributed by atoms with E-state index in [1.807, 2.05) is 30.3 Å². The van der Waals surface area contributed by atoms with Crippen LogP contribution in [0.15, 0.2) is 65.4 Å². The minimum absolute atomic E-state index is 0.120. The maximum absolute atomic E-state index is 11.9. The Morgan fingerprint density at radius 2 is 1.88 bits per heavy atom. The van der Waals surface area contributed by atoms with Gasteiger partial charge >= 0.3 is 5.97 Å². The third kappa shape index (κ3) is 4.69. The lowest BCUT2D eigenvalue weighted by molar-refractivity contribution is -0.384. The highest BCUT2D eigenvalue weighted by Gasteiger charge is 2.11. The van der Waals surface area contributed by atoms with Crippen molar-refractivity contribution in [3.63, 3.8) is 0 Å². The number of ether oxygens (including phenoxy) is 1. The Kier molecular flexibility index (Phi) is 5.65. The van der Waals surface area contributed by atoms with Gasteiger partial charge in [0.25, 0.3) is 5.69 Å². The van der Waals surface area contributed by atoms with E-state index in [1.54, 1.807) is 6.08 Å². The molecule has 8 heteroatoms. The van der Waals surface area contributed by atoms with Crippen molar-refractivity contribution >= 4 is 17.7 Å². The predicted octanol–water partition coefficient (Wildman–Crippen LogP) is 4.10. The maximum Gasteiger partial charge on any atom is 0.338 e. The number of nitro groups is 1. The van der Waals surface area contributed by atoms with Crippen LogP contribution in [0.1, 0.15) is 15.9 Å². The third-order valence-electron chi connectivity index (χ3n) is 2.97. The van der Waals surface area contributed by atoms with Crippen LogP contribution in [0.25, 0.3) is 16.5 Å². The molecule has 0 amide bonds. The lowest BCUT2D eigenvalue weighted by Gasteiger charge is -2.05. The molecule has 0 aliphatic heterocycles. The summed E-state index contributed by atoms with van der Waals surface area (Å²) in [5.74, 6) is -0.669. The van der Waals surface area contributed by atoms with Crippen LogP contribution in [0.5, 0.6) is 0 Å². The molecule has 0 aromatic heterocycles. The van der Waals surface area contributed by atoms with Crippen LogP contribution < -0.4 is 0 Å². The summed E-state index contributed by atoms with van der Waals surface area (Å²) in [5, 5.41) is 14.1. The van der Waals surface area contributed by atoms with Crippen molar-refractivity contribution in [2.75, 3.05) is 6.61 Å². The Balaban J connectivity index is 2.06. The van der Waals surface area contributed by atoms with E-state index >= 15 is 0 Å². The molecule has 0 spiro atoms. The van der Waals surface area contributed by atoms with E-state index in [0.29, 0.717) is 0 Å². The third-order valence-corrected chi connectivity index (χ3v) is 2.97. The molecule has 2 aromatic carbocycles. The Hall–Kier alpha value is -3.64. The van der Waals surface area contributed by atoms with Gasteiger partial charge in [-0.05, 0) is 29.3 Å². The normalized spacial score (nSPS) is 10.6. The molecule has 0 aliphatic carbocycles. The zero-order chi connectivity index (χ0) is 17.4. The second-order valence-corrected chi connectivity index (χ2v) is 4.62. The number of rotatable bonds is 6. The van der Waals surface area contributed by atoms with E-state index in [1.165, 1.54) is 24.3 Å². The summed E-state index contributed by atoms with van der Waals surface area (Å²) in [6, 6.07) is 14.1. The van der Waals surface area contributed by atoms with Crippen LogP contribution in [0.4, 0.5) is 5.69 Å². The van der Waals surface area contributed by atoms with Crippen molar-refractivity contribution in [2.24, 2.45) is 5.11 Å². The smallest absolute Gasteiger partial charge is 0.338 e. The van der Waals surface area contributed by atoms with Crippen LogP contribution in [-0.2, 0) is 4.74 Å². The molecule has 0 fully saturated rings. The first-order chi connectivity index (χ1) is 11.6. The van der Waals surface area contributed by atoms with E-state index < -0.39 is 10.9 Å². The lowest BCUT2D eigenvalue weighted by Crippen LogP contribution is -2.07. The largest absolute Gasteiger partial charge is 0.457 e. The van der Waals surface area contributed by atoms with Crippen molar-refractivity contribution in [3.8, 4) is 0 Å². The molecule has 0 saturated carbocycles. The number of hydrogen-bond acceptors (Lipinski definition) is 5. The summed E-state index contributed by atoms with van der Waals surface area (Å²) in [4.78, 5) is 24.7. The number of carbonyl (C=O) groups excluding carboxylic acids is 1. The molecule has 0 bridgehead atoms. The molecule has 0 saturated heterocycles. The molecular formula is C16H12N4O4. The average Bonchev–Trinajstić information content (AvgIpc) is 2.60. The maximum atomic E-state index is 11.9. The topological polar surface area (TPSA) is 118 Å². The van der Waals surface area contributed by atoms with Gasteiger partial charge in [0.2, 0.25) is 0 Å². The molecule has 2 rings (SSSR count). The highest BCUT2D eigenvalue weighted by molar-refractivity contribution is 5.89. The lowest BCUT2D eigenvalue weighted by atomic mass is 10.2.